The molecule has 0 fully saturated rings. The van der Waals surface area contributed by atoms with Gasteiger partial charge in [0.1, 0.15) is 0 Å². The van der Waals surface area contributed by atoms with Crippen LogP contribution in [-0.2, 0) is 0 Å². The van der Waals surface area contributed by atoms with Crippen molar-refractivity contribution in [3.63, 3.8) is 0 Å². The number of nitrogens with zero attached hydrogens (tertiary/aromatic N) is 3. The van der Waals surface area contributed by atoms with Crippen LogP contribution in [0.2, 0.25) is 0 Å². The van der Waals surface area contributed by atoms with Gasteiger partial charge in [-0.1, -0.05) is 0 Å². The molecule has 0 unspecified atom stereocenters. The molecule has 0 spiro atoms. The third-order valence-corrected chi connectivity index (χ3v) is 2.80. The molecule has 0 radical (unpaired) electrons. The van der Waals surface area contributed by atoms with Gasteiger partial charge in [0.25, 0.3) is 0 Å². The van der Waals surface area contributed by atoms with Crippen molar-refractivity contribution in [2.75, 3.05) is 12.3 Å². The highest BCUT2D eigenvalue weighted by atomic mass is 16.5. The SMILES string of the molecule is CCOc1cccn2nc(-c3ccc(N)cc3)nc12. The maximum absolute atomic E-state index is 5.68. The van der Waals surface area contributed by atoms with Gasteiger partial charge in [-0.3, -0.25) is 0 Å². The van der Waals surface area contributed by atoms with E-state index in [4.69, 9.17) is 10.5 Å². The summed E-state index contributed by atoms with van der Waals surface area (Å²) < 4.78 is 7.26. The molecule has 3 rings (SSSR count). The van der Waals surface area contributed by atoms with Gasteiger partial charge in [0, 0.05) is 17.4 Å². The van der Waals surface area contributed by atoms with Gasteiger partial charge < -0.3 is 10.5 Å². The Kier molecular flexibility index (Phi) is 2.79. The molecule has 0 aliphatic heterocycles. The Morgan fingerprint density at radius 1 is 1.21 bits per heavy atom. The largest absolute Gasteiger partial charge is 0.490 e. The molecule has 0 aliphatic rings. The van der Waals surface area contributed by atoms with Gasteiger partial charge in [0.05, 0.1) is 6.61 Å². The smallest absolute Gasteiger partial charge is 0.198 e. The number of rotatable bonds is 3. The fourth-order valence-corrected chi connectivity index (χ4v) is 1.90. The standard InChI is InChI=1S/C14H14N4O/c1-2-19-12-4-3-9-18-14(12)16-13(17-18)10-5-7-11(15)8-6-10/h3-9H,2,15H2,1H3. The van der Waals surface area contributed by atoms with Crippen LogP contribution in [0.25, 0.3) is 17.0 Å². The second-order valence-corrected chi connectivity index (χ2v) is 4.13. The van der Waals surface area contributed by atoms with Crippen molar-refractivity contribution >= 4 is 11.3 Å². The van der Waals surface area contributed by atoms with Gasteiger partial charge in [-0.05, 0) is 43.3 Å². The summed E-state index contributed by atoms with van der Waals surface area (Å²) in [6.07, 6.45) is 1.85. The van der Waals surface area contributed by atoms with Crippen molar-refractivity contribution in [1.29, 1.82) is 0 Å². The summed E-state index contributed by atoms with van der Waals surface area (Å²) in [5.41, 5.74) is 8.05. The fourth-order valence-electron chi connectivity index (χ4n) is 1.90. The molecule has 2 heterocycles. The Labute approximate surface area is 110 Å². The number of benzene rings is 1. The first-order chi connectivity index (χ1) is 9.28. The van der Waals surface area contributed by atoms with Crippen LogP contribution in [-0.4, -0.2) is 21.2 Å². The summed E-state index contributed by atoms with van der Waals surface area (Å²) in [4.78, 5) is 4.52. The quantitative estimate of drug-likeness (QED) is 0.729. The van der Waals surface area contributed by atoms with E-state index >= 15 is 0 Å². The van der Waals surface area contributed by atoms with Crippen LogP contribution < -0.4 is 10.5 Å². The number of nitrogens with two attached hydrogens (primary N) is 1. The minimum Gasteiger partial charge on any atom is -0.490 e. The van der Waals surface area contributed by atoms with Crippen molar-refractivity contribution in [2.24, 2.45) is 0 Å². The van der Waals surface area contributed by atoms with Crippen LogP contribution in [0, 0.1) is 0 Å². The van der Waals surface area contributed by atoms with Crippen molar-refractivity contribution in [1.82, 2.24) is 14.6 Å². The number of nitrogen functional groups attached to an aromatic ring is 1. The third kappa shape index (κ3) is 2.10. The van der Waals surface area contributed by atoms with Crippen LogP contribution >= 0.6 is 0 Å². The predicted molar refractivity (Wildman–Crippen MR) is 74.0 cm³/mol. The maximum Gasteiger partial charge on any atom is 0.198 e. The van der Waals surface area contributed by atoms with Gasteiger partial charge in [-0.15, -0.1) is 5.10 Å². The molecule has 0 saturated heterocycles. The molecule has 1 aromatic carbocycles. The molecule has 0 bridgehead atoms. The van der Waals surface area contributed by atoms with Gasteiger partial charge in [-0.25, -0.2) is 9.50 Å². The first-order valence-corrected chi connectivity index (χ1v) is 6.12. The highest BCUT2D eigenvalue weighted by Gasteiger charge is 2.09. The molecule has 2 N–H and O–H groups in total. The number of hydrogen-bond acceptors (Lipinski definition) is 4. The lowest BCUT2D eigenvalue weighted by atomic mass is 10.2. The normalized spacial score (nSPS) is 10.8. The number of pyridine rings is 1. The number of hydrogen-bond donors (Lipinski definition) is 1. The Hall–Kier alpha value is -2.56. The van der Waals surface area contributed by atoms with E-state index in [1.165, 1.54) is 0 Å². The van der Waals surface area contributed by atoms with Gasteiger partial charge in [0.15, 0.2) is 17.2 Å². The number of fused-ring (bicyclic) bond motifs is 1. The number of ether oxygens (including phenoxy) is 1. The van der Waals surface area contributed by atoms with Gasteiger partial charge in [-0.2, -0.15) is 0 Å². The molecular formula is C14H14N4O. The first-order valence-electron chi connectivity index (χ1n) is 6.12. The molecule has 5 heteroatoms. The Bertz CT molecular complexity index is 703. The average Bonchev–Trinajstić information content (AvgIpc) is 2.85. The lowest BCUT2D eigenvalue weighted by Gasteiger charge is -2.02. The Morgan fingerprint density at radius 3 is 2.74 bits per heavy atom. The molecule has 2 aromatic heterocycles. The Morgan fingerprint density at radius 2 is 2.00 bits per heavy atom. The summed E-state index contributed by atoms with van der Waals surface area (Å²) >= 11 is 0. The highest BCUT2D eigenvalue weighted by Crippen LogP contribution is 2.22. The van der Waals surface area contributed by atoms with E-state index in [1.54, 1.807) is 4.52 Å². The summed E-state index contributed by atoms with van der Waals surface area (Å²) in [5.74, 6) is 1.39. The predicted octanol–water partition coefficient (Wildman–Crippen LogP) is 2.38. The van der Waals surface area contributed by atoms with Crippen molar-refractivity contribution < 1.29 is 4.74 Å². The van der Waals surface area contributed by atoms with E-state index in [0.717, 1.165) is 22.6 Å². The van der Waals surface area contributed by atoms with Crippen molar-refractivity contribution in [3.05, 3.63) is 42.6 Å². The first kappa shape index (κ1) is 11.5. The molecule has 0 amide bonds. The van der Waals surface area contributed by atoms with E-state index in [-0.39, 0.29) is 0 Å². The van der Waals surface area contributed by atoms with Crippen LogP contribution in [0.3, 0.4) is 0 Å². The average molecular weight is 254 g/mol. The van der Waals surface area contributed by atoms with E-state index in [0.29, 0.717) is 12.4 Å². The molecule has 96 valence electrons. The summed E-state index contributed by atoms with van der Waals surface area (Å²) in [5, 5.41) is 4.44. The minimum absolute atomic E-state index is 0.601. The lowest BCUT2D eigenvalue weighted by Crippen LogP contribution is -1.95. The van der Waals surface area contributed by atoms with Crippen LogP contribution in [0.4, 0.5) is 5.69 Å². The van der Waals surface area contributed by atoms with E-state index in [2.05, 4.69) is 10.1 Å². The number of aromatic nitrogens is 3. The molecule has 5 nitrogen and oxygen atoms in total. The van der Waals surface area contributed by atoms with Gasteiger partial charge >= 0.3 is 0 Å². The van der Waals surface area contributed by atoms with Crippen LogP contribution in [0.5, 0.6) is 5.75 Å². The molecule has 0 atom stereocenters. The lowest BCUT2D eigenvalue weighted by molar-refractivity contribution is 0.342. The summed E-state index contributed by atoms with van der Waals surface area (Å²) in [7, 11) is 0. The second-order valence-electron chi connectivity index (χ2n) is 4.13. The van der Waals surface area contributed by atoms with E-state index in [9.17, 15) is 0 Å². The molecule has 0 aliphatic carbocycles. The Balaban J connectivity index is 2.11. The zero-order chi connectivity index (χ0) is 13.2. The third-order valence-electron chi connectivity index (χ3n) is 2.80. The summed E-state index contributed by atoms with van der Waals surface area (Å²) in [6, 6.07) is 11.3. The van der Waals surface area contributed by atoms with Crippen LogP contribution in [0.15, 0.2) is 42.6 Å². The zero-order valence-electron chi connectivity index (χ0n) is 10.6. The molecule has 0 saturated carbocycles. The molecule has 19 heavy (non-hydrogen) atoms. The van der Waals surface area contributed by atoms with E-state index < -0.39 is 0 Å². The molecular weight excluding hydrogens is 240 g/mol. The minimum atomic E-state index is 0.601. The highest BCUT2D eigenvalue weighted by molar-refractivity contribution is 5.63. The number of anilines is 1. The maximum atomic E-state index is 5.68. The second kappa shape index (κ2) is 4.61. The zero-order valence-corrected chi connectivity index (χ0v) is 10.6. The molecule has 3 aromatic rings. The summed E-state index contributed by atoms with van der Waals surface area (Å²) in [6.45, 7) is 2.55. The fraction of sp³-hybridized carbons (Fsp3) is 0.143. The topological polar surface area (TPSA) is 65.4 Å². The van der Waals surface area contributed by atoms with Crippen LogP contribution in [0.1, 0.15) is 6.92 Å². The van der Waals surface area contributed by atoms with E-state index in [1.807, 2.05) is 49.5 Å². The monoisotopic (exact) mass is 254 g/mol. The van der Waals surface area contributed by atoms with Crippen molar-refractivity contribution in [3.8, 4) is 17.1 Å². The van der Waals surface area contributed by atoms with Gasteiger partial charge in [0.2, 0.25) is 0 Å². The van der Waals surface area contributed by atoms with Crippen molar-refractivity contribution in [2.45, 2.75) is 6.92 Å².